The van der Waals surface area contributed by atoms with Gasteiger partial charge in [0.25, 0.3) is 5.91 Å². The minimum Gasteiger partial charge on any atom is -0.507 e. The molecule has 0 fully saturated rings. The zero-order chi connectivity index (χ0) is 16.3. The molecule has 0 aliphatic carbocycles. The van der Waals surface area contributed by atoms with Gasteiger partial charge in [0.2, 0.25) is 0 Å². The second-order valence-corrected chi connectivity index (χ2v) is 4.69. The highest BCUT2D eigenvalue weighted by molar-refractivity contribution is 6.34. The SMILES string of the molecule is [C-]#[N+]c1ccc(O)c(C(=O)N=C(N)N)c1-c1ccccc1Cl. The average Bonchev–Trinajstić information content (AvgIpc) is 2.46. The predicted octanol–water partition coefficient (Wildman–Crippen LogP) is 2.68. The molecule has 0 spiro atoms. The second-order valence-electron chi connectivity index (χ2n) is 4.29. The molecule has 0 radical (unpaired) electrons. The number of hydrogen-bond donors (Lipinski definition) is 3. The summed E-state index contributed by atoms with van der Waals surface area (Å²) in [4.78, 5) is 19.0. The van der Waals surface area contributed by atoms with Gasteiger partial charge in [0.05, 0.1) is 12.1 Å². The van der Waals surface area contributed by atoms with E-state index in [0.717, 1.165) is 0 Å². The van der Waals surface area contributed by atoms with Crippen LogP contribution >= 0.6 is 11.6 Å². The summed E-state index contributed by atoms with van der Waals surface area (Å²) >= 11 is 6.14. The molecular weight excluding hydrogens is 304 g/mol. The average molecular weight is 315 g/mol. The zero-order valence-electron chi connectivity index (χ0n) is 11.2. The van der Waals surface area contributed by atoms with Crippen molar-refractivity contribution in [1.82, 2.24) is 0 Å². The third-order valence-corrected chi connectivity index (χ3v) is 3.20. The fraction of sp³-hybridized carbons (Fsp3) is 0. The fourth-order valence-corrected chi connectivity index (χ4v) is 2.23. The molecular formula is C15H11ClN4O2. The number of carbonyl (C=O) groups is 1. The van der Waals surface area contributed by atoms with Gasteiger partial charge >= 0.3 is 0 Å². The van der Waals surface area contributed by atoms with Crippen molar-refractivity contribution in [2.75, 3.05) is 0 Å². The van der Waals surface area contributed by atoms with Crippen molar-refractivity contribution < 1.29 is 9.90 Å². The number of phenolic OH excluding ortho intramolecular Hbond substituents is 1. The third kappa shape index (κ3) is 2.85. The Hall–Kier alpha value is -3.04. The van der Waals surface area contributed by atoms with E-state index in [1.807, 2.05) is 0 Å². The van der Waals surface area contributed by atoms with Crippen LogP contribution in [0.25, 0.3) is 16.0 Å². The summed E-state index contributed by atoms with van der Waals surface area (Å²) < 4.78 is 0. The van der Waals surface area contributed by atoms with E-state index >= 15 is 0 Å². The fourth-order valence-electron chi connectivity index (χ4n) is 2.00. The van der Waals surface area contributed by atoms with Crippen molar-refractivity contribution in [3.8, 4) is 16.9 Å². The van der Waals surface area contributed by atoms with Gasteiger partial charge in [-0.25, -0.2) is 4.85 Å². The number of aliphatic imine (C=N–C) groups is 1. The van der Waals surface area contributed by atoms with Gasteiger partial charge in [-0.15, -0.1) is 0 Å². The monoisotopic (exact) mass is 314 g/mol. The van der Waals surface area contributed by atoms with E-state index in [2.05, 4.69) is 9.84 Å². The molecule has 0 aliphatic heterocycles. The summed E-state index contributed by atoms with van der Waals surface area (Å²) in [6.07, 6.45) is 0. The summed E-state index contributed by atoms with van der Waals surface area (Å²) in [6, 6.07) is 9.30. The van der Waals surface area contributed by atoms with Crippen LogP contribution in [0.3, 0.4) is 0 Å². The van der Waals surface area contributed by atoms with Crippen LogP contribution in [0.15, 0.2) is 41.4 Å². The molecule has 0 bridgehead atoms. The highest BCUT2D eigenvalue weighted by Crippen LogP contribution is 2.41. The number of benzene rings is 2. The quantitative estimate of drug-likeness (QED) is 0.450. The molecule has 0 saturated heterocycles. The lowest BCUT2D eigenvalue weighted by Gasteiger charge is -2.12. The van der Waals surface area contributed by atoms with E-state index in [4.69, 9.17) is 29.6 Å². The molecule has 0 atom stereocenters. The van der Waals surface area contributed by atoms with Crippen LogP contribution in [0.2, 0.25) is 5.02 Å². The van der Waals surface area contributed by atoms with Crippen LogP contribution in [0.1, 0.15) is 10.4 Å². The number of guanidine groups is 1. The molecule has 0 aromatic heterocycles. The Labute approximate surface area is 131 Å². The number of halogens is 1. The first-order valence-electron chi connectivity index (χ1n) is 6.08. The van der Waals surface area contributed by atoms with Crippen molar-refractivity contribution in [3.63, 3.8) is 0 Å². The second kappa shape index (κ2) is 6.16. The Balaban J connectivity index is 2.85. The lowest BCUT2D eigenvalue weighted by Crippen LogP contribution is -2.24. The van der Waals surface area contributed by atoms with E-state index in [9.17, 15) is 9.90 Å². The first kappa shape index (κ1) is 15.4. The van der Waals surface area contributed by atoms with Gasteiger partial charge in [0, 0.05) is 10.6 Å². The number of amides is 1. The Morgan fingerprint density at radius 3 is 2.50 bits per heavy atom. The van der Waals surface area contributed by atoms with Gasteiger partial charge < -0.3 is 16.6 Å². The zero-order valence-corrected chi connectivity index (χ0v) is 12.0. The maximum absolute atomic E-state index is 12.2. The van der Waals surface area contributed by atoms with Crippen LogP contribution in [0, 0.1) is 6.57 Å². The third-order valence-electron chi connectivity index (χ3n) is 2.87. The summed E-state index contributed by atoms with van der Waals surface area (Å²) in [5.74, 6) is -1.63. The predicted molar refractivity (Wildman–Crippen MR) is 85.0 cm³/mol. The minimum atomic E-state index is -0.849. The number of aromatic hydroxyl groups is 1. The topological polar surface area (TPSA) is 106 Å². The van der Waals surface area contributed by atoms with E-state index < -0.39 is 11.9 Å². The number of hydrogen-bond acceptors (Lipinski definition) is 2. The van der Waals surface area contributed by atoms with Crippen molar-refractivity contribution in [1.29, 1.82) is 0 Å². The molecule has 2 aromatic rings. The molecule has 0 unspecified atom stereocenters. The lowest BCUT2D eigenvalue weighted by molar-refractivity contribution is 0.100. The summed E-state index contributed by atoms with van der Waals surface area (Å²) in [5.41, 5.74) is 11.0. The van der Waals surface area contributed by atoms with Crippen molar-refractivity contribution in [2.45, 2.75) is 0 Å². The normalized spacial score (nSPS) is 9.82. The summed E-state index contributed by atoms with van der Waals surface area (Å²) in [7, 11) is 0. The summed E-state index contributed by atoms with van der Waals surface area (Å²) in [6.45, 7) is 7.26. The van der Waals surface area contributed by atoms with Gasteiger partial charge in [-0.1, -0.05) is 35.9 Å². The molecule has 6 nitrogen and oxygen atoms in total. The number of rotatable bonds is 2. The Kier molecular flexibility index (Phi) is 4.30. The number of phenols is 1. The van der Waals surface area contributed by atoms with Crippen LogP contribution in [-0.2, 0) is 0 Å². The van der Waals surface area contributed by atoms with E-state index in [1.54, 1.807) is 24.3 Å². The van der Waals surface area contributed by atoms with E-state index in [0.29, 0.717) is 10.6 Å². The van der Waals surface area contributed by atoms with Gasteiger partial charge in [-0.3, -0.25) is 4.79 Å². The van der Waals surface area contributed by atoms with Crippen LogP contribution in [0.4, 0.5) is 5.69 Å². The van der Waals surface area contributed by atoms with E-state index in [-0.39, 0.29) is 22.6 Å². The smallest absolute Gasteiger partial charge is 0.283 e. The molecule has 5 N–H and O–H groups in total. The first-order valence-corrected chi connectivity index (χ1v) is 6.45. The van der Waals surface area contributed by atoms with Crippen molar-refractivity contribution >= 4 is 29.2 Å². The van der Waals surface area contributed by atoms with Crippen LogP contribution < -0.4 is 11.5 Å². The maximum Gasteiger partial charge on any atom is 0.283 e. The molecule has 110 valence electrons. The maximum atomic E-state index is 12.2. The highest BCUT2D eigenvalue weighted by Gasteiger charge is 2.22. The Morgan fingerprint density at radius 1 is 1.23 bits per heavy atom. The number of nitrogens with two attached hydrogens (primary N) is 2. The van der Waals surface area contributed by atoms with E-state index in [1.165, 1.54) is 12.1 Å². The molecule has 0 heterocycles. The molecule has 0 aliphatic rings. The van der Waals surface area contributed by atoms with Crippen LogP contribution in [-0.4, -0.2) is 17.0 Å². The molecule has 7 heteroatoms. The first-order chi connectivity index (χ1) is 10.5. The Bertz CT molecular complexity index is 821. The molecule has 2 aromatic carbocycles. The standard InChI is InChI=1S/C15H11ClN4O2/c1-19-10-6-7-11(21)13(14(22)20-15(17)18)12(10)8-4-2-3-5-9(8)16/h2-7,21H,(H4,17,18,20,22). The minimum absolute atomic E-state index is 0.153. The van der Waals surface area contributed by atoms with Gasteiger partial charge in [0.1, 0.15) is 5.75 Å². The summed E-state index contributed by atoms with van der Waals surface area (Å²) in [5, 5.41) is 10.4. The molecule has 0 saturated carbocycles. The molecule has 1 amide bonds. The van der Waals surface area contributed by atoms with Crippen molar-refractivity contribution in [3.05, 3.63) is 58.4 Å². The van der Waals surface area contributed by atoms with Gasteiger partial charge in [-0.05, 0) is 17.7 Å². The molecule has 2 rings (SSSR count). The largest absolute Gasteiger partial charge is 0.507 e. The van der Waals surface area contributed by atoms with Crippen LogP contribution in [0.5, 0.6) is 5.75 Å². The lowest BCUT2D eigenvalue weighted by atomic mass is 9.96. The highest BCUT2D eigenvalue weighted by atomic mass is 35.5. The Morgan fingerprint density at radius 2 is 1.91 bits per heavy atom. The number of nitrogens with zero attached hydrogens (tertiary/aromatic N) is 2. The van der Waals surface area contributed by atoms with Crippen molar-refractivity contribution in [2.24, 2.45) is 16.5 Å². The molecule has 22 heavy (non-hydrogen) atoms. The van der Waals surface area contributed by atoms with Gasteiger partial charge in [0.15, 0.2) is 11.6 Å². The number of carbonyl (C=O) groups excluding carboxylic acids is 1. The van der Waals surface area contributed by atoms with Gasteiger partial charge in [-0.2, -0.15) is 4.99 Å².